The van der Waals surface area contributed by atoms with Gasteiger partial charge in [-0.3, -0.25) is 4.21 Å². The lowest BCUT2D eigenvalue weighted by atomic mass is 10.2. The third kappa shape index (κ3) is 4.78. The SMILES string of the molecule is CC(CNCc1ccc(Cl)cc1)S(C)=O. The second-order valence-corrected chi connectivity index (χ2v) is 5.80. The standard InChI is InChI=1S/C11H16ClNOS/c1-9(15(2)14)7-13-8-10-3-5-11(12)6-4-10/h3-6,9,13H,7-8H2,1-2H3. The van der Waals surface area contributed by atoms with E-state index < -0.39 is 10.8 Å². The van der Waals surface area contributed by atoms with E-state index in [0.717, 1.165) is 18.1 Å². The molecule has 0 saturated carbocycles. The highest BCUT2D eigenvalue weighted by atomic mass is 35.5. The molecule has 0 fully saturated rings. The van der Waals surface area contributed by atoms with E-state index in [-0.39, 0.29) is 5.25 Å². The molecular weight excluding hydrogens is 230 g/mol. The minimum atomic E-state index is -0.755. The Morgan fingerprint density at radius 1 is 1.40 bits per heavy atom. The van der Waals surface area contributed by atoms with Gasteiger partial charge in [0.2, 0.25) is 0 Å². The van der Waals surface area contributed by atoms with Gasteiger partial charge in [0.05, 0.1) is 0 Å². The molecule has 0 radical (unpaired) electrons. The van der Waals surface area contributed by atoms with Crippen molar-refractivity contribution in [2.24, 2.45) is 0 Å². The molecule has 0 spiro atoms. The zero-order valence-corrected chi connectivity index (χ0v) is 10.6. The van der Waals surface area contributed by atoms with Crippen molar-refractivity contribution >= 4 is 22.4 Å². The van der Waals surface area contributed by atoms with E-state index >= 15 is 0 Å². The third-order valence-corrected chi connectivity index (χ3v) is 3.79. The molecule has 4 heteroatoms. The predicted octanol–water partition coefficient (Wildman–Crippen LogP) is 2.20. The van der Waals surface area contributed by atoms with Crippen LogP contribution in [0.1, 0.15) is 12.5 Å². The first-order valence-electron chi connectivity index (χ1n) is 4.87. The molecule has 1 N–H and O–H groups in total. The molecule has 2 nitrogen and oxygen atoms in total. The Balaban J connectivity index is 2.32. The summed E-state index contributed by atoms with van der Waals surface area (Å²) in [5, 5.41) is 4.21. The highest BCUT2D eigenvalue weighted by Crippen LogP contribution is 2.09. The molecule has 2 atom stereocenters. The van der Waals surface area contributed by atoms with E-state index in [1.165, 1.54) is 5.56 Å². The van der Waals surface area contributed by atoms with Crippen molar-refractivity contribution in [2.45, 2.75) is 18.7 Å². The van der Waals surface area contributed by atoms with Crippen molar-refractivity contribution in [1.29, 1.82) is 0 Å². The quantitative estimate of drug-likeness (QED) is 0.862. The van der Waals surface area contributed by atoms with Gasteiger partial charge in [-0.15, -0.1) is 0 Å². The lowest BCUT2D eigenvalue weighted by molar-refractivity contribution is 0.647. The van der Waals surface area contributed by atoms with E-state index in [0.29, 0.717) is 0 Å². The first-order chi connectivity index (χ1) is 7.09. The van der Waals surface area contributed by atoms with Crippen LogP contribution in [0.25, 0.3) is 0 Å². The first kappa shape index (κ1) is 12.7. The van der Waals surface area contributed by atoms with Gasteiger partial charge in [0.15, 0.2) is 0 Å². The Morgan fingerprint density at radius 2 is 2.00 bits per heavy atom. The van der Waals surface area contributed by atoms with Crippen LogP contribution in [0.4, 0.5) is 0 Å². The highest BCUT2D eigenvalue weighted by Gasteiger charge is 2.04. The molecule has 0 aliphatic rings. The van der Waals surface area contributed by atoms with Crippen molar-refractivity contribution in [3.8, 4) is 0 Å². The van der Waals surface area contributed by atoms with Crippen molar-refractivity contribution in [1.82, 2.24) is 5.32 Å². The summed E-state index contributed by atoms with van der Waals surface area (Å²) in [5.41, 5.74) is 1.19. The average molecular weight is 246 g/mol. The molecule has 84 valence electrons. The topological polar surface area (TPSA) is 29.1 Å². The van der Waals surface area contributed by atoms with Crippen LogP contribution in [0.2, 0.25) is 5.02 Å². The van der Waals surface area contributed by atoms with E-state index in [2.05, 4.69) is 5.32 Å². The fraction of sp³-hybridized carbons (Fsp3) is 0.455. The molecule has 0 aliphatic carbocycles. The molecule has 0 aliphatic heterocycles. The second kappa shape index (κ2) is 6.26. The number of hydrogen-bond donors (Lipinski definition) is 1. The van der Waals surface area contributed by atoms with Crippen LogP contribution in [0, 0.1) is 0 Å². The van der Waals surface area contributed by atoms with E-state index in [1.807, 2.05) is 31.2 Å². The minimum Gasteiger partial charge on any atom is -0.311 e. The van der Waals surface area contributed by atoms with Crippen LogP contribution in [-0.4, -0.2) is 22.3 Å². The summed E-state index contributed by atoms with van der Waals surface area (Å²) in [6, 6.07) is 7.73. The average Bonchev–Trinajstić information content (AvgIpc) is 2.20. The fourth-order valence-corrected chi connectivity index (χ4v) is 1.62. The van der Waals surface area contributed by atoms with Crippen LogP contribution < -0.4 is 5.32 Å². The van der Waals surface area contributed by atoms with Crippen molar-refractivity contribution in [3.05, 3.63) is 34.9 Å². The van der Waals surface area contributed by atoms with Gasteiger partial charge in [0.25, 0.3) is 0 Å². The van der Waals surface area contributed by atoms with Crippen LogP contribution in [0.15, 0.2) is 24.3 Å². The molecule has 0 heterocycles. The number of hydrogen-bond acceptors (Lipinski definition) is 2. The maximum absolute atomic E-state index is 11.1. The minimum absolute atomic E-state index is 0.192. The van der Waals surface area contributed by atoms with Gasteiger partial charge >= 0.3 is 0 Å². The van der Waals surface area contributed by atoms with Crippen LogP contribution in [0.5, 0.6) is 0 Å². The maximum atomic E-state index is 11.1. The lowest BCUT2D eigenvalue weighted by Crippen LogP contribution is -2.27. The second-order valence-electron chi connectivity index (χ2n) is 3.57. The molecule has 2 unspecified atom stereocenters. The maximum Gasteiger partial charge on any atom is 0.0441 e. The van der Waals surface area contributed by atoms with Crippen LogP contribution in [-0.2, 0) is 17.3 Å². The van der Waals surface area contributed by atoms with Crippen molar-refractivity contribution < 1.29 is 4.21 Å². The Morgan fingerprint density at radius 3 is 2.53 bits per heavy atom. The van der Waals surface area contributed by atoms with E-state index in [1.54, 1.807) is 6.26 Å². The molecule has 1 rings (SSSR count). The molecule has 0 saturated heterocycles. The number of nitrogens with one attached hydrogen (secondary N) is 1. The van der Waals surface area contributed by atoms with E-state index in [4.69, 9.17) is 11.6 Å². The van der Waals surface area contributed by atoms with Crippen LogP contribution in [0.3, 0.4) is 0 Å². The molecule has 15 heavy (non-hydrogen) atoms. The Hall–Kier alpha value is -0.380. The molecule has 0 bridgehead atoms. The normalized spacial score (nSPS) is 14.9. The molecule has 0 amide bonds. The predicted molar refractivity (Wildman–Crippen MR) is 66.7 cm³/mol. The Bertz CT molecular complexity index is 326. The molecule has 1 aromatic carbocycles. The zero-order chi connectivity index (χ0) is 11.3. The fourth-order valence-electron chi connectivity index (χ4n) is 1.14. The molecular formula is C11H16ClNOS. The highest BCUT2D eigenvalue weighted by molar-refractivity contribution is 7.84. The summed E-state index contributed by atoms with van der Waals surface area (Å²) < 4.78 is 11.1. The Kier molecular flexibility index (Phi) is 5.29. The molecule has 0 aromatic heterocycles. The lowest BCUT2D eigenvalue weighted by Gasteiger charge is -2.09. The third-order valence-electron chi connectivity index (χ3n) is 2.24. The number of halogens is 1. The van der Waals surface area contributed by atoms with Crippen LogP contribution >= 0.6 is 11.6 Å². The summed E-state index contributed by atoms with van der Waals surface area (Å²) >= 11 is 5.78. The van der Waals surface area contributed by atoms with Gasteiger partial charge in [-0.1, -0.05) is 23.7 Å². The van der Waals surface area contributed by atoms with Crippen molar-refractivity contribution in [2.75, 3.05) is 12.8 Å². The van der Waals surface area contributed by atoms with Crippen molar-refractivity contribution in [3.63, 3.8) is 0 Å². The summed E-state index contributed by atoms with van der Waals surface area (Å²) in [4.78, 5) is 0. The molecule has 1 aromatic rings. The van der Waals surface area contributed by atoms with E-state index in [9.17, 15) is 4.21 Å². The monoisotopic (exact) mass is 245 g/mol. The van der Waals surface area contributed by atoms with Gasteiger partial charge in [0, 0.05) is 40.4 Å². The number of rotatable bonds is 5. The summed E-state index contributed by atoms with van der Waals surface area (Å²) in [6.45, 7) is 3.54. The van der Waals surface area contributed by atoms with Gasteiger partial charge in [0.1, 0.15) is 0 Å². The largest absolute Gasteiger partial charge is 0.311 e. The summed E-state index contributed by atoms with van der Waals surface area (Å²) in [7, 11) is -0.755. The smallest absolute Gasteiger partial charge is 0.0441 e. The Labute approximate surface area is 98.5 Å². The number of benzene rings is 1. The summed E-state index contributed by atoms with van der Waals surface area (Å²) in [6.07, 6.45) is 1.73. The van der Waals surface area contributed by atoms with Gasteiger partial charge in [-0.2, -0.15) is 0 Å². The first-order valence-corrected chi connectivity index (χ1v) is 6.87. The van der Waals surface area contributed by atoms with Gasteiger partial charge in [-0.05, 0) is 24.6 Å². The van der Waals surface area contributed by atoms with Gasteiger partial charge < -0.3 is 5.32 Å². The summed E-state index contributed by atoms with van der Waals surface area (Å²) in [5.74, 6) is 0. The zero-order valence-electron chi connectivity index (χ0n) is 9.00. The van der Waals surface area contributed by atoms with Gasteiger partial charge in [-0.25, -0.2) is 0 Å².